The van der Waals surface area contributed by atoms with E-state index in [0.29, 0.717) is 29.7 Å². The van der Waals surface area contributed by atoms with E-state index in [-0.39, 0.29) is 18.0 Å². The summed E-state index contributed by atoms with van der Waals surface area (Å²) in [4.78, 5) is 44.4. The zero-order valence-electron chi connectivity index (χ0n) is 19.6. The van der Waals surface area contributed by atoms with Gasteiger partial charge in [-0.25, -0.2) is 19.7 Å². The van der Waals surface area contributed by atoms with E-state index in [2.05, 4.69) is 27.2 Å². The second-order valence-electron chi connectivity index (χ2n) is 8.69. The van der Waals surface area contributed by atoms with E-state index in [0.717, 1.165) is 29.9 Å². The highest BCUT2D eigenvalue weighted by Gasteiger charge is 2.41. The normalized spacial score (nSPS) is 14.9. The molecule has 5 rings (SSSR count). The van der Waals surface area contributed by atoms with Crippen LogP contribution in [0.1, 0.15) is 18.4 Å². The third-order valence-electron chi connectivity index (χ3n) is 5.84. The summed E-state index contributed by atoms with van der Waals surface area (Å²) in [6.07, 6.45) is 6.64. The van der Waals surface area contributed by atoms with Crippen LogP contribution in [0.2, 0.25) is 0 Å². The molecule has 10 heteroatoms. The predicted octanol–water partition coefficient (Wildman–Crippen LogP) is 4.04. The number of rotatable bonds is 7. The number of nitrogens with one attached hydrogen (secondary N) is 2. The molecule has 1 aromatic carbocycles. The van der Waals surface area contributed by atoms with Gasteiger partial charge in [0.15, 0.2) is 5.82 Å². The van der Waals surface area contributed by atoms with Crippen LogP contribution in [0.15, 0.2) is 61.4 Å². The fourth-order valence-electron chi connectivity index (χ4n) is 3.91. The lowest BCUT2D eigenvalue weighted by Crippen LogP contribution is -2.46. The van der Waals surface area contributed by atoms with E-state index in [1.807, 2.05) is 42.1 Å². The highest BCUT2D eigenvalue weighted by atomic mass is 16.2. The Labute approximate surface area is 203 Å². The maximum atomic E-state index is 13.6. The zero-order valence-corrected chi connectivity index (χ0v) is 19.6. The van der Waals surface area contributed by atoms with Crippen LogP contribution >= 0.6 is 0 Å². The summed E-state index contributed by atoms with van der Waals surface area (Å²) in [5, 5.41) is 5.92. The summed E-state index contributed by atoms with van der Waals surface area (Å²) in [6.45, 7) is 3.95. The van der Waals surface area contributed by atoms with Crippen LogP contribution in [0.5, 0.6) is 0 Å². The standard InChI is InChI=1S/C25H26N8O2/c1-4-22(34)28-17-6-5-7-20(12-17)33-23-16(15-32(25(33)35)19-9-10-19)13-27-24(30-23)29-18-8-11-21(26-14-18)31(2)3/h4-8,11-14,19H,1,9-10,15H2,2-3H3,(H,28,34)(H,27,29,30). The van der Waals surface area contributed by atoms with E-state index in [1.54, 1.807) is 35.5 Å². The number of hydrogen-bond acceptors (Lipinski definition) is 7. The molecule has 3 amide bonds. The van der Waals surface area contributed by atoms with Gasteiger partial charge in [0.2, 0.25) is 11.9 Å². The second kappa shape index (κ2) is 9.05. The first-order valence-electron chi connectivity index (χ1n) is 11.3. The van der Waals surface area contributed by atoms with Gasteiger partial charge in [0.05, 0.1) is 24.1 Å². The molecule has 0 bridgehead atoms. The van der Waals surface area contributed by atoms with Crippen LogP contribution in [0.3, 0.4) is 0 Å². The van der Waals surface area contributed by atoms with Gasteiger partial charge in [0.1, 0.15) is 5.82 Å². The largest absolute Gasteiger partial charge is 0.363 e. The summed E-state index contributed by atoms with van der Waals surface area (Å²) in [5.74, 6) is 1.38. The molecule has 1 aliphatic carbocycles. The fourth-order valence-corrected chi connectivity index (χ4v) is 3.91. The van der Waals surface area contributed by atoms with Gasteiger partial charge >= 0.3 is 6.03 Å². The molecule has 1 fully saturated rings. The third-order valence-corrected chi connectivity index (χ3v) is 5.84. The van der Waals surface area contributed by atoms with Gasteiger partial charge in [-0.1, -0.05) is 12.6 Å². The number of urea groups is 1. The van der Waals surface area contributed by atoms with Crippen molar-refractivity contribution in [3.05, 3.63) is 67.0 Å². The van der Waals surface area contributed by atoms with E-state index in [9.17, 15) is 9.59 Å². The minimum absolute atomic E-state index is 0.145. The molecule has 0 atom stereocenters. The van der Waals surface area contributed by atoms with Crippen LogP contribution in [-0.2, 0) is 11.3 Å². The maximum Gasteiger partial charge on any atom is 0.330 e. The van der Waals surface area contributed by atoms with Crippen molar-refractivity contribution in [1.82, 2.24) is 19.9 Å². The van der Waals surface area contributed by atoms with Crippen LogP contribution in [0.25, 0.3) is 0 Å². The Kier molecular flexibility index (Phi) is 5.77. The number of anilines is 6. The third kappa shape index (κ3) is 4.63. The molecule has 3 aromatic rings. The zero-order chi connectivity index (χ0) is 24.5. The Balaban J connectivity index is 1.50. The van der Waals surface area contributed by atoms with Crippen LogP contribution in [0.4, 0.5) is 39.4 Å². The van der Waals surface area contributed by atoms with Gasteiger partial charge in [-0.3, -0.25) is 4.79 Å². The summed E-state index contributed by atoms with van der Waals surface area (Å²) >= 11 is 0. The maximum absolute atomic E-state index is 13.6. The van der Waals surface area contributed by atoms with Crippen molar-refractivity contribution >= 4 is 46.6 Å². The first kappa shape index (κ1) is 22.3. The Hall–Kier alpha value is -4.47. The Morgan fingerprint density at radius 3 is 2.66 bits per heavy atom. The molecule has 10 nitrogen and oxygen atoms in total. The lowest BCUT2D eigenvalue weighted by Gasteiger charge is -2.36. The second-order valence-corrected chi connectivity index (χ2v) is 8.69. The Morgan fingerprint density at radius 2 is 1.97 bits per heavy atom. The van der Waals surface area contributed by atoms with E-state index in [4.69, 9.17) is 4.98 Å². The minimum Gasteiger partial charge on any atom is -0.363 e. The quantitative estimate of drug-likeness (QED) is 0.502. The molecule has 2 aromatic heterocycles. The number of nitrogens with zero attached hydrogens (tertiary/aromatic N) is 6. The molecule has 2 aliphatic rings. The average molecular weight is 471 g/mol. The Bertz CT molecular complexity index is 1290. The SMILES string of the molecule is C=CC(=O)Nc1cccc(N2C(=O)N(C3CC3)Cc3cnc(Nc4ccc(N(C)C)nc4)nc32)c1. The molecule has 2 N–H and O–H groups in total. The van der Waals surface area contributed by atoms with Crippen molar-refractivity contribution in [1.29, 1.82) is 0 Å². The predicted molar refractivity (Wildman–Crippen MR) is 135 cm³/mol. The van der Waals surface area contributed by atoms with Gasteiger partial charge in [0.25, 0.3) is 0 Å². The van der Waals surface area contributed by atoms with E-state index >= 15 is 0 Å². The van der Waals surface area contributed by atoms with Gasteiger partial charge < -0.3 is 20.4 Å². The molecule has 0 unspecified atom stereocenters. The molecular formula is C25H26N8O2. The van der Waals surface area contributed by atoms with Crippen LogP contribution in [0, 0.1) is 0 Å². The van der Waals surface area contributed by atoms with Crippen molar-refractivity contribution in [2.45, 2.75) is 25.4 Å². The van der Waals surface area contributed by atoms with Crippen molar-refractivity contribution in [2.24, 2.45) is 0 Å². The van der Waals surface area contributed by atoms with Crippen molar-refractivity contribution in [3.63, 3.8) is 0 Å². The number of benzene rings is 1. The molecule has 35 heavy (non-hydrogen) atoms. The molecule has 178 valence electrons. The van der Waals surface area contributed by atoms with Crippen molar-refractivity contribution < 1.29 is 9.59 Å². The number of hydrogen-bond donors (Lipinski definition) is 2. The molecular weight excluding hydrogens is 444 g/mol. The number of amides is 3. The van der Waals surface area contributed by atoms with E-state index in [1.165, 1.54) is 6.08 Å². The minimum atomic E-state index is -0.324. The molecule has 1 saturated carbocycles. The van der Waals surface area contributed by atoms with Gasteiger partial charge in [0, 0.05) is 37.6 Å². The lowest BCUT2D eigenvalue weighted by molar-refractivity contribution is -0.111. The number of carbonyl (C=O) groups excluding carboxylic acids is 2. The monoisotopic (exact) mass is 470 g/mol. The van der Waals surface area contributed by atoms with Crippen molar-refractivity contribution in [2.75, 3.05) is 34.5 Å². The highest BCUT2D eigenvalue weighted by Crippen LogP contribution is 2.39. The topological polar surface area (TPSA) is 107 Å². The molecule has 0 spiro atoms. The summed E-state index contributed by atoms with van der Waals surface area (Å²) < 4.78 is 0. The lowest BCUT2D eigenvalue weighted by atomic mass is 10.1. The summed E-state index contributed by atoms with van der Waals surface area (Å²) in [6, 6.07) is 11.0. The van der Waals surface area contributed by atoms with Gasteiger partial charge in [-0.2, -0.15) is 4.98 Å². The van der Waals surface area contributed by atoms with E-state index < -0.39 is 0 Å². The van der Waals surface area contributed by atoms with Crippen LogP contribution in [-0.4, -0.2) is 51.9 Å². The number of aromatic nitrogens is 3. The number of carbonyl (C=O) groups is 2. The number of pyridine rings is 1. The molecule has 0 radical (unpaired) electrons. The fraction of sp³-hybridized carbons (Fsp3) is 0.240. The smallest absolute Gasteiger partial charge is 0.330 e. The highest BCUT2D eigenvalue weighted by molar-refractivity contribution is 6.03. The van der Waals surface area contributed by atoms with Gasteiger partial charge in [-0.15, -0.1) is 0 Å². The molecule has 0 saturated heterocycles. The van der Waals surface area contributed by atoms with Crippen molar-refractivity contribution in [3.8, 4) is 0 Å². The first-order chi connectivity index (χ1) is 16.9. The van der Waals surface area contributed by atoms with Gasteiger partial charge in [-0.05, 0) is 49.2 Å². The summed E-state index contributed by atoms with van der Waals surface area (Å²) in [7, 11) is 3.85. The first-order valence-corrected chi connectivity index (χ1v) is 11.3. The Morgan fingerprint density at radius 1 is 1.14 bits per heavy atom. The summed E-state index contributed by atoms with van der Waals surface area (Å²) in [5.41, 5.74) is 2.75. The molecule has 3 heterocycles. The molecule has 1 aliphatic heterocycles. The van der Waals surface area contributed by atoms with Crippen LogP contribution < -0.4 is 20.4 Å². The number of fused-ring (bicyclic) bond motifs is 1. The average Bonchev–Trinajstić information content (AvgIpc) is 3.69.